The van der Waals surface area contributed by atoms with Gasteiger partial charge in [0.25, 0.3) is 0 Å². The van der Waals surface area contributed by atoms with Gasteiger partial charge in [-0.15, -0.1) is 0 Å². The average molecular weight is 411 g/mol. The van der Waals surface area contributed by atoms with Crippen molar-refractivity contribution in [3.05, 3.63) is 58.8 Å². The molecule has 0 saturated heterocycles. The quantitative estimate of drug-likeness (QED) is 0.641. The van der Waals surface area contributed by atoms with Gasteiger partial charge < -0.3 is 15.4 Å². The first-order valence-corrected chi connectivity index (χ1v) is 8.53. The predicted octanol–water partition coefficient (Wildman–Crippen LogP) is 3.84. The molecule has 2 N–H and O–H groups in total. The van der Waals surface area contributed by atoms with Gasteiger partial charge in [-0.2, -0.15) is 0 Å². The number of fused-ring (bicyclic) bond motifs is 1. The van der Waals surface area contributed by atoms with Crippen LogP contribution in [-0.2, 0) is 4.74 Å². The molecule has 0 aliphatic rings. The lowest BCUT2D eigenvalue weighted by molar-refractivity contribution is 0.172. The molecule has 0 unspecified atom stereocenters. The van der Waals surface area contributed by atoms with Gasteiger partial charge in [-0.25, -0.2) is 14.8 Å². The largest absolute Gasteiger partial charge is 0.453 e. The molecule has 6 nitrogen and oxygen atoms in total. The first-order chi connectivity index (χ1) is 12.7. The number of aromatic nitrogens is 2. The number of nitrogens with one attached hydrogen (secondary N) is 2. The number of methoxy groups -OCH3 is 1. The summed E-state index contributed by atoms with van der Waals surface area (Å²) in [5.41, 5.74) is 2.53. The van der Waals surface area contributed by atoms with Gasteiger partial charge >= 0.3 is 6.09 Å². The molecular weight excluding hydrogens is 396 g/mol. The number of alkyl carbamates (subject to hydrolysis) is 1. The van der Waals surface area contributed by atoms with Crippen molar-refractivity contribution >= 4 is 44.4 Å². The van der Waals surface area contributed by atoms with Crippen LogP contribution in [0.2, 0.25) is 0 Å². The fraction of sp³-hybridized carbons (Fsp3) is 0.105. The van der Waals surface area contributed by atoms with Gasteiger partial charge in [0.15, 0.2) is 0 Å². The smallest absolute Gasteiger partial charge is 0.407 e. The molecule has 0 fully saturated rings. The summed E-state index contributed by atoms with van der Waals surface area (Å²) in [4.78, 5) is 19.6. The third-order valence-corrected chi connectivity index (χ3v) is 3.96. The van der Waals surface area contributed by atoms with Crippen LogP contribution >= 0.6 is 15.9 Å². The number of nitrogens with zero attached hydrogens (tertiary/aromatic N) is 2. The molecule has 0 aliphatic carbocycles. The molecule has 130 valence electrons. The van der Waals surface area contributed by atoms with E-state index in [0.29, 0.717) is 5.82 Å². The van der Waals surface area contributed by atoms with Crippen molar-refractivity contribution in [1.82, 2.24) is 15.3 Å². The van der Waals surface area contributed by atoms with Gasteiger partial charge in [0, 0.05) is 21.1 Å². The summed E-state index contributed by atoms with van der Waals surface area (Å²) in [5.74, 6) is 6.58. The zero-order chi connectivity index (χ0) is 18.4. The fourth-order valence-corrected chi connectivity index (χ4v) is 2.67. The summed E-state index contributed by atoms with van der Waals surface area (Å²) in [6.45, 7) is 0.207. The van der Waals surface area contributed by atoms with E-state index in [2.05, 4.69) is 53.1 Å². The summed E-state index contributed by atoms with van der Waals surface area (Å²) in [6.07, 6.45) is 1.01. The number of amides is 1. The Bertz CT molecular complexity index is 1010. The minimum absolute atomic E-state index is 0.207. The van der Waals surface area contributed by atoms with E-state index in [1.54, 1.807) is 0 Å². The second-order valence-corrected chi connectivity index (χ2v) is 6.15. The monoisotopic (exact) mass is 410 g/mol. The summed E-state index contributed by atoms with van der Waals surface area (Å²) in [7, 11) is 1.31. The highest BCUT2D eigenvalue weighted by molar-refractivity contribution is 9.10. The van der Waals surface area contributed by atoms with E-state index in [1.165, 1.54) is 13.4 Å². The molecule has 0 saturated carbocycles. The lowest BCUT2D eigenvalue weighted by atomic mass is 10.1. The zero-order valence-electron chi connectivity index (χ0n) is 13.9. The van der Waals surface area contributed by atoms with Crippen LogP contribution in [0.3, 0.4) is 0 Å². The van der Waals surface area contributed by atoms with Crippen LogP contribution in [0.4, 0.5) is 16.3 Å². The Labute approximate surface area is 159 Å². The van der Waals surface area contributed by atoms with Gasteiger partial charge in [-0.1, -0.05) is 33.8 Å². The van der Waals surface area contributed by atoms with E-state index < -0.39 is 6.09 Å². The van der Waals surface area contributed by atoms with E-state index in [0.717, 1.165) is 26.6 Å². The number of carbonyl (C=O) groups is 1. The molecule has 0 atom stereocenters. The lowest BCUT2D eigenvalue weighted by Crippen LogP contribution is -2.22. The normalized spacial score (nSPS) is 9.92. The number of hydrogen-bond donors (Lipinski definition) is 2. The van der Waals surface area contributed by atoms with Crippen molar-refractivity contribution in [3.8, 4) is 11.8 Å². The van der Waals surface area contributed by atoms with Crippen LogP contribution in [0, 0.1) is 11.8 Å². The van der Waals surface area contributed by atoms with Crippen LogP contribution < -0.4 is 10.6 Å². The second kappa shape index (κ2) is 8.32. The van der Waals surface area contributed by atoms with E-state index in [4.69, 9.17) is 0 Å². The standard InChI is InChI=1S/C19H15BrN4O2/c1-26-19(25)21-9-3-4-13-7-8-17-16(10-13)18(23-12-22-17)24-15-6-2-5-14(20)11-15/h2,5-8,10-12H,9H2,1H3,(H,21,25)(H,22,23,24). The number of ether oxygens (including phenoxy) is 1. The molecular formula is C19H15BrN4O2. The number of anilines is 2. The Morgan fingerprint density at radius 3 is 2.92 bits per heavy atom. The number of benzene rings is 2. The SMILES string of the molecule is COC(=O)NCC#Cc1ccc2ncnc(Nc3cccc(Br)c3)c2c1. The van der Waals surface area contributed by atoms with E-state index >= 15 is 0 Å². The molecule has 7 heteroatoms. The van der Waals surface area contributed by atoms with Gasteiger partial charge in [0.05, 0.1) is 19.2 Å². The van der Waals surface area contributed by atoms with Gasteiger partial charge in [0.2, 0.25) is 0 Å². The molecule has 3 rings (SSSR count). The minimum atomic E-state index is -0.508. The van der Waals surface area contributed by atoms with Crippen molar-refractivity contribution in [1.29, 1.82) is 0 Å². The van der Waals surface area contributed by atoms with E-state index in [-0.39, 0.29) is 6.54 Å². The minimum Gasteiger partial charge on any atom is -0.453 e. The number of halogens is 1. The van der Waals surface area contributed by atoms with E-state index in [1.807, 2.05) is 42.5 Å². The van der Waals surface area contributed by atoms with Crippen molar-refractivity contribution in [2.75, 3.05) is 19.0 Å². The average Bonchev–Trinajstić information content (AvgIpc) is 2.65. The van der Waals surface area contributed by atoms with Crippen LogP contribution in [-0.4, -0.2) is 29.7 Å². The first-order valence-electron chi connectivity index (χ1n) is 7.74. The molecule has 1 heterocycles. The molecule has 26 heavy (non-hydrogen) atoms. The van der Waals surface area contributed by atoms with E-state index in [9.17, 15) is 4.79 Å². The highest BCUT2D eigenvalue weighted by Gasteiger charge is 2.05. The molecule has 1 aromatic heterocycles. The topological polar surface area (TPSA) is 76.1 Å². The molecule has 2 aromatic carbocycles. The maximum atomic E-state index is 11.0. The Kier molecular flexibility index (Phi) is 5.66. The van der Waals surface area contributed by atoms with Crippen LogP contribution in [0.15, 0.2) is 53.3 Å². The molecule has 0 aliphatic heterocycles. The van der Waals surface area contributed by atoms with Gasteiger partial charge in [-0.3, -0.25) is 0 Å². The Hall–Kier alpha value is -3.11. The molecule has 1 amide bonds. The number of hydrogen-bond acceptors (Lipinski definition) is 5. The number of rotatable bonds is 3. The highest BCUT2D eigenvalue weighted by Crippen LogP contribution is 2.25. The fourth-order valence-electron chi connectivity index (χ4n) is 2.27. The molecule has 3 aromatic rings. The zero-order valence-corrected chi connectivity index (χ0v) is 15.5. The molecule has 0 bridgehead atoms. The Balaban J connectivity index is 1.86. The third-order valence-electron chi connectivity index (χ3n) is 3.46. The van der Waals surface area contributed by atoms with Crippen LogP contribution in [0.1, 0.15) is 5.56 Å². The number of carbonyl (C=O) groups excluding carboxylic acids is 1. The van der Waals surface area contributed by atoms with Crippen molar-refractivity contribution in [3.63, 3.8) is 0 Å². The van der Waals surface area contributed by atoms with Crippen molar-refractivity contribution in [2.24, 2.45) is 0 Å². The Morgan fingerprint density at radius 1 is 1.23 bits per heavy atom. The summed E-state index contributed by atoms with van der Waals surface area (Å²) < 4.78 is 5.47. The molecule has 0 radical (unpaired) electrons. The summed E-state index contributed by atoms with van der Waals surface area (Å²) in [5, 5.41) is 6.68. The maximum Gasteiger partial charge on any atom is 0.407 e. The van der Waals surface area contributed by atoms with Gasteiger partial charge in [-0.05, 0) is 36.4 Å². The predicted molar refractivity (Wildman–Crippen MR) is 104 cm³/mol. The maximum absolute atomic E-state index is 11.0. The van der Waals surface area contributed by atoms with Crippen LogP contribution in [0.5, 0.6) is 0 Å². The summed E-state index contributed by atoms with van der Waals surface area (Å²) >= 11 is 3.46. The van der Waals surface area contributed by atoms with Crippen molar-refractivity contribution in [2.45, 2.75) is 0 Å². The lowest BCUT2D eigenvalue weighted by Gasteiger charge is -2.09. The molecule has 0 spiro atoms. The first kappa shape index (κ1) is 17.7. The Morgan fingerprint density at radius 2 is 2.12 bits per heavy atom. The van der Waals surface area contributed by atoms with Gasteiger partial charge in [0.1, 0.15) is 12.1 Å². The van der Waals surface area contributed by atoms with Crippen LogP contribution in [0.25, 0.3) is 10.9 Å². The third kappa shape index (κ3) is 4.49. The second-order valence-electron chi connectivity index (χ2n) is 5.24. The highest BCUT2D eigenvalue weighted by atomic mass is 79.9. The summed E-state index contributed by atoms with van der Waals surface area (Å²) in [6, 6.07) is 13.5. The van der Waals surface area contributed by atoms with Crippen molar-refractivity contribution < 1.29 is 9.53 Å².